The van der Waals surface area contributed by atoms with Crippen LogP contribution in [0.2, 0.25) is 0 Å². The summed E-state index contributed by atoms with van der Waals surface area (Å²) < 4.78 is 6.08. The van der Waals surface area contributed by atoms with E-state index in [1.54, 1.807) is 12.5 Å². The molecule has 1 aromatic carbocycles. The summed E-state index contributed by atoms with van der Waals surface area (Å²) in [5.74, 6) is -0.245. The molecule has 140 valence electrons. The van der Waals surface area contributed by atoms with Crippen LogP contribution in [0.1, 0.15) is 32.1 Å². The second-order valence-electron chi connectivity index (χ2n) is 6.88. The van der Waals surface area contributed by atoms with E-state index in [0.29, 0.717) is 23.1 Å². The van der Waals surface area contributed by atoms with E-state index in [-0.39, 0.29) is 6.03 Å². The van der Waals surface area contributed by atoms with Crippen molar-refractivity contribution in [1.29, 1.82) is 0 Å². The second kappa shape index (κ2) is 7.22. The van der Waals surface area contributed by atoms with Gasteiger partial charge in [-0.25, -0.2) is 14.6 Å². The summed E-state index contributed by atoms with van der Waals surface area (Å²) in [4.78, 5) is 32.6. The van der Waals surface area contributed by atoms with Crippen LogP contribution in [0, 0.1) is 0 Å². The smallest absolute Gasteiger partial charge is 0.324 e. The first kappa shape index (κ1) is 17.3. The molecule has 27 heavy (non-hydrogen) atoms. The molecule has 0 aliphatic heterocycles. The van der Waals surface area contributed by atoms with Gasteiger partial charge >= 0.3 is 11.8 Å². The average molecular weight is 367 g/mol. The molecule has 0 saturated heterocycles. The third kappa shape index (κ3) is 3.55. The Morgan fingerprint density at radius 2 is 2.04 bits per heavy atom. The predicted molar refractivity (Wildman–Crippen MR) is 99.2 cm³/mol. The molecule has 3 aromatic rings. The van der Waals surface area contributed by atoms with Gasteiger partial charge in [0.05, 0.1) is 5.69 Å². The Hall–Kier alpha value is -3.16. The van der Waals surface area contributed by atoms with Crippen molar-refractivity contribution in [2.45, 2.75) is 38.1 Å². The highest BCUT2D eigenvalue weighted by atomic mass is 16.5. The molecule has 1 saturated carbocycles. The molecule has 8 nitrogen and oxygen atoms in total. The lowest BCUT2D eigenvalue weighted by Crippen LogP contribution is -2.40. The number of imidazole rings is 1. The molecule has 0 bridgehead atoms. The molecular weight excluding hydrogens is 346 g/mol. The van der Waals surface area contributed by atoms with E-state index in [1.165, 1.54) is 23.8 Å². The van der Waals surface area contributed by atoms with Crippen LogP contribution in [-0.2, 0) is 0 Å². The molecule has 8 heteroatoms. The number of amides is 1. The second-order valence-corrected chi connectivity index (χ2v) is 6.88. The van der Waals surface area contributed by atoms with Gasteiger partial charge in [0, 0.05) is 30.4 Å². The maximum atomic E-state index is 12.8. The molecule has 0 radical (unpaired) electrons. The van der Waals surface area contributed by atoms with Gasteiger partial charge in [-0.2, -0.15) is 0 Å². The zero-order valence-corrected chi connectivity index (χ0v) is 15.1. The minimum absolute atomic E-state index is 0.0716. The molecule has 4 rings (SSSR count). The van der Waals surface area contributed by atoms with Crippen LogP contribution in [0.3, 0.4) is 0 Å². The average Bonchev–Trinajstić information content (AvgIpc) is 3.37. The Balaban J connectivity index is 1.55. The van der Waals surface area contributed by atoms with Gasteiger partial charge in [-0.3, -0.25) is 14.1 Å². The maximum absolute atomic E-state index is 12.8. The van der Waals surface area contributed by atoms with E-state index < -0.39 is 5.76 Å². The molecule has 1 aliphatic carbocycles. The van der Waals surface area contributed by atoms with Crippen molar-refractivity contribution in [3.63, 3.8) is 0 Å². The van der Waals surface area contributed by atoms with Crippen molar-refractivity contribution in [3.8, 4) is 22.6 Å². The highest BCUT2D eigenvalue weighted by molar-refractivity contribution is 5.78. The minimum Gasteiger partial charge on any atom is -0.324 e. The van der Waals surface area contributed by atoms with Gasteiger partial charge in [0.15, 0.2) is 5.82 Å². The third-order valence-corrected chi connectivity index (χ3v) is 5.10. The monoisotopic (exact) mass is 367 g/mol. The van der Waals surface area contributed by atoms with Gasteiger partial charge in [0.1, 0.15) is 6.33 Å². The predicted octanol–water partition coefficient (Wildman–Crippen LogP) is 3.13. The molecular formula is C19H21N5O3. The van der Waals surface area contributed by atoms with Gasteiger partial charge in [0.25, 0.3) is 0 Å². The highest BCUT2D eigenvalue weighted by Crippen LogP contribution is 2.24. The number of rotatable bonds is 3. The molecule has 1 fully saturated rings. The van der Waals surface area contributed by atoms with Gasteiger partial charge in [-0.1, -0.05) is 42.6 Å². The Morgan fingerprint density at radius 3 is 2.78 bits per heavy atom. The van der Waals surface area contributed by atoms with Crippen LogP contribution >= 0.6 is 0 Å². The zero-order chi connectivity index (χ0) is 18.8. The first-order chi connectivity index (χ1) is 13.1. The largest absolute Gasteiger partial charge is 0.439 e. The van der Waals surface area contributed by atoms with Crippen LogP contribution in [0.5, 0.6) is 0 Å². The van der Waals surface area contributed by atoms with Crippen molar-refractivity contribution >= 4 is 6.03 Å². The minimum atomic E-state index is -0.601. The first-order valence-electron chi connectivity index (χ1n) is 9.10. The van der Waals surface area contributed by atoms with Crippen molar-refractivity contribution in [2.75, 3.05) is 7.05 Å². The molecule has 0 atom stereocenters. The van der Waals surface area contributed by atoms with E-state index in [9.17, 15) is 9.59 Å². The van der Waals surface area contributed by atoms with Crippen LogP contribution in [0.4, 0.5) is 4.79 Å². The van der Waals surface area contributed by atoms with Crippen LogP contribution in [0.15, 0.2) is 46.1 Å². The normalized spacial score (nSPS) is 15.0. The lowest BCUT2D eigenvalue weighted by atomic mass is 9.95. The highest BCUT2D eigenvalue weighted by Gasteiger charge is 2.23. The zero-order valence-electron chi connectivity index (χ0n) is 15.1. The van der Waals surface area contributed by atoms with Crippen molar-refractivity contribution in [2.24, 2.45) is 0 Å². The molecule has 0 unspecified atom stereocenters. The summed E-state index contributed by atoms with van der Waals surface area (Å²) >= 11 is 0. The molecule has 1 amide bonds. The number of nitrogens with one attached hydrogen (secondary N) is 1. The summed E-state index contributed by atoms with van der Waals surface area (Å²) in [6.07, 6.45) is 8.99. The maximum Gasteiger partial charge on any atom is 0.439 e. The number of aromatic amines is 1. The molecule has 0 spiro atoms. The number of hydrogen-bond acceptors (Lipinski definition) is 5. The van der Waals surface area contributed by atoms with Gasteiger partial charge in [-0.15, -0.1) is 0 Å². The number of benzene rings is 1. The number of aromatic nitrogens is 4. The van der Waals surface area contributed by atoms with E-state index in [1.807, 2.05) is 36.2 Å². The Labute approximate surface area is 155 Å². The SMILES string of the molecule is CN(C(=O)n1cnc(-c2cccc(-c3noc(=O)[nH]3)c2)c1)C1CCCCC1. The molecule has 2 heterocycles. The van der Waals surface area contributed by atoms with E-state index in [0.717, 1.165) is 18.4 Å². The topological polar surface area (TPSA) is 97.0 Å². The number of nitrogens with zero attached hydrogens (tertiary/aromatic N) is 4. The summed E-state index contributed by atoms with van der Waals surface area (Å²) in [6, 6.07) is 7.62. The standard InChI is InChI=1S/C19H21N5O3/c1-23(15-8-3-2-4-9-15)19(26)24-11-16(20-12-24)13-6-5-7-14(10-13)17-21-18(25)27-22-17/h5-7,10-12,15H,2-4,8-9H2,1H3,(H,21,22,25). The number of hydrogen-bond donors (Lipinski definition) is 1. The van der Waals surface area contributed by atoms with E-state index in [2.05, 4.69) is 19.6 Å². The Kier molecular flexibility index (Phi) is 4.62. The fourth-order valence-electron chi connectivity index (χ4n) is 3.56. The Morgan fingerprint density at radius 1 is 1.26 bits per heavy atom. The summed E-state index contributed by atoms with van der Waals surface area (Å²) in [7, 11) is 1.86. The summed E-state index contributed by atoms with van der Waals surface area (Å²) in [5.41, 5.74) is 2.20. The third-order valence-electron chi connectivity index (χ3n) is 5.10. The fraction of sp³-hybridized carbons (Fsp3) is 0.368. The lowest BCUT2D eigenvalue weighted by molar-refractivity contribution is 0.175. The quantitative estimate of drug-likeness (QED) is 0.767. The molecule has 1 N–H and O–H groups in total. The van der Waals surface area contributed by atoms with Crippen LogP contribution < -0.4 is 5.76 Å². The van der Waals surface area contributed by atoms with Crippen molar-refractivity contribution in [3.05, 3.63) is 47.3 Å². The van der Waals surface area contributed by atoms with Gasteiger partial charge in [-0.05, 0) is 18.9 Å². The summed E-state index contributed by atoms with van der Waals surface area (Å²) in [6.45, 7) is 0. The van der Waals surface area contributed by atoms with Crippen LogP contribution in [0.25, 0.3) is 22.6 Å². The molecule has 2 aromatic heterocycles. The van der Waals surface area contributed by atoms with Crippen LogP contribution in [-0.4, -0.2) is 43.7 Å². The number of carbonyl (C=O) groups is 1. The van der Waals surface area contributed by atoms with Gasteiger partial charge in [0.2, 0.25) is 0 Å². The first-order valence-corrected chi connectivity index (χ1v) is 9.10. The van der Waals surface area contributed by atoms with Gasteiger partial charge < -0.3 is 4.90 Å². The van der Waals surface area contributed by atoms with Crippen molar-refractivity contribution in [1.82, 2.24) is 24.6 Å². The number of H-pyrrole nitrogens is 1. The lowest BCUT2D eigenvalue weighted by Gasteiger charge is -2.31. The van der Waals surface area contributed by atoms with E-state index in [4.69, 9.17) is 0 Å². The summed E-state index contributed by atoms with van der Waals surface area (Å²) in [5, 5.41) is 3.70. The Bertz CT molecular complexity index is 996. The fourth-order valence-corrected chi connectivity index (χ4v) is 3.56. The molecule has 1 aliphatic rings. The van der Waals surface area contributed by atoms with Crippen molar-refractivity contribution < 1.29 is 9.32 Å². The number of carbonyl (C=O) groups excluding carboxylic acids is 1. The van der Waals surface area contributed by atoms with E-state index >= 15 is 0 Å².